The quantitative estimate of drug-likeness (QED) is 0.160. The van der Waals surface area contributed by atoms with Gasteiger partial charge in [-0.15, -0.1) is 0 Å². The van der Waals surface area contributed by atoms with Crippen LogP contribution in [-0.4, -0.2) is 32.4 Å². The summed E-state index contributed by atoms with van der Waals surface area (Å²) in [6.45, 7) is 2.90. The van der Waals surface area contributed by atoms with Crippen LogP contribution < -0.4 is 0 Å². The van der Waals surface area contributed by atoms with Gasteiger partial charge in [0.15, 0.2) is 0 Å². The Balaban J connectivity index is 2.40. The van der Waals surface area contributed by atoms with Crippen molar-refractivity contribution in [3.8, 4) is 0 Å². The summed E-state index contributed by atoms with van der Waals surface area (Å²) in [5.74, 6) is -0.105. The second-order valence-corrected chi connectivity index (χ2v) is 8.55. The molecule has 4 nitrogen and oxygen atoms in total. The highest BCUT2D eigenvalue weighted by Gasteiger charge is 2.21. The molecule has 0 N–H and O–H groups in total. The van der Waals surface area contributed by atoms with Gasteiger partial charge in [-0.05, 0) is 24.8 Å². The van der Waals surface area contributed by atoms with Crippen molar-refractivity contribution in [1.29, 1.82) is 0 Å². The van der Waals surface area contributed by atoms with Crippen molar-refractivity contribution in [3.63, 3.8) is 0 Å². The predicted molar refractivity (Wildman–Crippen MR) is 128 cm³/mol. The molecule has 1 rings (SSSR count). The molecule has 0 aromatic heterocycles. The Morgan fingerprint density at radius 3 is 1.97 bits per heavy atom. The molecule has 0 radical (unpaired) electrons. The number of hydrogen-bond acceptors (Lipinski definition) is 4. The molecule has 0 aliphatic carbocycles. The molecule has 0 saturated carbocycles. The number of esters is 1. The van der Waals surface area contributed by atoms with Crippen LogP contribution in [0.25, 0.3) is 0 Å². The topological polar surface area (TPSA) is 44.8 Å². The van der Waals surface area contributed by atoms with Gasteiger partial charge in [0.05, 0.1) is 25.9 Å². The van der Waals surface area contributed by atoms with Crippen molar-refractivity contribution in [1.82, 2.24) is 0 Å². The van der Waals surface area contributed by atoms with Crippen LogP contribution in [0.2, 0.25) is 0 Å². The Bertz CT molecular complexity index is 531. The third-order valence-electron chi connectivity index (χ3n) is 5.96. The molecular formula is C27H46O4. The lowest BCUT2D eigenvalue weighted by Gasteiger charge is -2.27. The highest BCUT2D eigenvalue weighted by atomic mass is 16.5. The first kappa shape index (κ1) is 27.6. The average molecular weight is 435 g/mol. The smallest absolute Gasteiger partial charge is 0.305 e. The standard InChI is InChI=1S/C27H46O4/c1-4-5-6-7-9-15-20-25(29-2)26(31-23-24-18-13-12-14-19-24)21-16-10-8-11-17-22-27(28)30-3/h12-14,18-19,25-26H,4-11,15-17,20-23H2,1-3H3. The Kier molecular flexibility index (Phi) is 17.2. The highest BCUT2D eigenvalue weighted by molar-refractivity contribution is 5.68. The lowest BCUT2D eigenvalue weighted by Crippen LogP contribution is -2.31. The van der Waals surface area contributed by atoms with E-state index < -0.39 is 0 Å². The summed E-state index contributed by atoms with van der Waals surface area (Å²) in [7, 11) is 3.28. The number of benzene rings is 1. The van der Waals surface area contributed by atoms with Gasteiger partial charge in [-0.3, -0.25) is 4.79 Å². The third-order valence-corrected chi connectivity index (χ3v) is 5.96. The molecular weight excluding hydrogens is 388 g/mol. The van der Waals surface area contributed by atoms with Crippen LogP contribution in [0, 0.1) is 0 Å². The molecule has 0 amide bonds. The largest absolute Gasteiger partial charge is 0.469 e. The highest BCUT2D eigenvalue weighted by Crippen LogP contribution is 2.21. The van der Waals surface area contributed by atoms with E-state index in [4.69, 9.17) is 14.2 Å². The van der Waals surface area contributed by atoms with E-state index in [0.29, 0.717) is 13.0 Å². The maximum atomic E-state index is 11.2. The van der Waals surface area contributed by atoms with Gasteiger partial charge in [0.25, 0.3) is 0 Å². The zero-order chi connectivity index (χ0) is 22.6. The fourth-order valence-corrected chi connectivity index (χ4v) is 3.98. The maximum absolute atomic E-state index is 11.2. The average Bonchev–Trinajstić information content (AvgIpc) is 2.80. The van der Waals surface area contributed by atoms with Gasteiger partial charge in [0, 0.05) is 13.5 Å². The number of ether oxygens (including phenoxy) is 3. The molecule has 178 valence electrons. The van der Waals surface area contributed by atoms with Crippen LogP contribution in [0.5, 0.6) is 0 Å². The SMILES string of the molecule is CCCCCCCCC(OC)C(CCCCCCCC(=O)OC)OCc1ccccc1. The molecule has 4 heteroatoms. The predicted octanol–water partition coefficient (Wildman–Crippen LogP) is 7.24. The first-order valence-electron chi connectivity index (χ1n) is 12.5. The van der Waals surface area contributed by atoms with Gasteiger partial charge in [-0.1, -0.05) is 101 Å². The maximum Gasteiger partial charge on any atom is 0.305 e. The Morgan fingerprint density at radius 1 is 0.774 bits per heavy atom. The second kappa shape index (κ2) is 19.3. The van der Waals surface area contributed by atoms with Crippen molar-refractivity contribution < 1.29 is 19.0 Å². The van der Waals surface area contributed by atoms with Crippen LogP contribution in [0.4, 0.5) is 0 Å². The molecule has 0 spiro atoms. The summed E-state index contributed by atoms with van der Waals surface area (Å²) in [6, 6.07) is 10.4. The Morgan fingerprint density at radius 2 is 1.35 bits per heavy atom. The van der Waals surface area contributed by atoms with Crippen molar-refractivity contribution in [2.75, 3.05) is 14.2 Å². The minimum Gasteiger partial charge on any atom is -0.469 e. The molecule has 0 heterocycles. The summed E-state index contributed by atoms with van der Waals surface area (Å²) in [5.41, 5.74) is 1.21. The molecule has 0 bridgehead atoms. The van der Waals surface area contributed by atoms with Crippen LogP contribution in [0.15, 0.2) is 30.3 Å². The molecule has 1 aromatic carbocycles. The minimum atomic E-state index is -0.105. The molecule has 0 aliphatic heterocycles. The van der Waals surface area contributed by atoms with E-state index in [1.165, 1.54) is 57.6 Å². The third kappa shape index (κ3) is 14.3. The van der Waals surface area contributed by atoms with Gasteiger partial charge in [0.1, 0.15) is 0 Å². The van der Waals surface area contributed by atoms with E-state index >= 15 is 0 Å². The van der Waals surface area contributed by atoms with Gasteiger partial charge in [-0.2, -0.15) is 0 Å². The van der Waals surface area contributed by atoms with E-state index in [1.54, 1.807) is 0 Å². The molecule has 0 aliphatic rings. The van der Waals surface area contributed by atoms with Gasteiger partial charge >= 0.3 is 5.97 Å². The lowest BCUT2D eigenvalue weighted by molar-refractivity contribution is -0.140. The number of methoxy groups -OCH3 is 2. The van der Waals surface area contributed by atoms with Crippen molar-refractivity contribution in [2.24, 2.45) is 0 Å². The van der Waals surface area contributed by atoms with Crippen molar-refractivity contribution >= 4 is 5.97 Å². The summed E-state index contributed by atoms with van der Waals surface area (Å²) in [4.78, 5) is 11.2. The first-order valence-corrected chi connectivity index (χ1v) is 12.5. The van der Waals surface area contributed by atoms with Crippen LogP contribution in [0.3, 0.4) is 0 Å². The fourth-order valence-electron chi connectivity index (χ4n) is 3.98. The van der Waals surface area contributed by atoms with E-state index in [-0.39, 0.29) is 18.2 Å². The van der Waals surface area contributed by atoms with E-state index in [1.807, 2.05) is 13.2 Å². The zero-order valence-corrected chi connectivity index (χ0v) is 20.3. The van der Waals surface area contributed by atoms with Crippen LogP contribution in [0.1, 0.15) is 102 Å². The molecule has 31 heavy (non-hydrogen) atoms. The Labute approximate surface area is 191 Å². The van der Waals surface area contributed by atoms with Gasteiger partial charge in [0.2, 0.25) is 0 Å². The lowest BCUT2D eigenvalue weighted by atomic mass is 9.99. The van der Waals surface area contributed by atoms with Crippen molar-refractivity contribution in [2.45, 2.75) is 116 Å². The zero-order valence-electron chi connectivity index (χ0n) is 20.3. The van der Waals surface area contributed by atoms with Gasteiger partial charge < -0.3 is 14.2 Å². The number of carbonyl (C=O) groups excluding carboxylic acids is 1. The summed E-state index contributed by atoms with van der Waals surface area (Å²) >= 11 is 0. The van der Waals surface area contributed by atoms with E-state index in [9.17, 15) is 4.79 Å². The number of carbonyl (C=O) groups is 1. The molecule has 1 aromatic rings. The summed E-state index contributed by atoms with van der Waals surface area (Å²) in [6.07, 6.45) is 16.2. The minimum absolute atomic E-state index is 0.105. The second-order valence-electron chi connectivity index (χ2n) is 8.55. The van der Waals surface area contributed by atoms with Gasteiger partial charge in [-0.25, -0.2) is 0 Å². The summed E-state index contributed by atoms with van der Waals surface area (Å²) < 4.78 is 17.0. The van der Waals surface area contributed by atoms with Crippen molar-refractivity contribution in [3.05, 3.63) is 35.9 Å². The summed E-state index contributed by atoms with van der Waals surface area (Å²) in [5, 5.41) is 0. The molecule has 2 atom stereocenters. The number of unbranched alkanes of at least 4 members (excludes halogenated alkanes) is 9. The van der Waals surface area contributed by atoms with Crippen LogP contribution >= 0.6 is 0 Å². The molecule has 2 unspecified atom stereocenters. The van der Waals surface area contributed by atoms with Crippen LogP contribution in [-0.2, 0) is 25.6 Å². The van der Waals surface area contributed by atoms with E-state index in [0.717, 1.165) is 38.5 Å². The fraction of sp³-hybridized carbons (Fsp3) is 0.741. The Hall–Kier alpha value is -1.39. The first-order chi connectivity index (χ1) is 15.2. The number of hydrogen-bond donors (Lipinski definition) is 0. The normalized spacial score (nSPS) is 13.1. The molecule has 0 saturated heterocycles. The number of rotatable bonds is 20. The molecule has 0 fully saturated rings. The van der Waals surface area contributed by atoms with E-state index in [2.05, 4.69) is 31.2 Å². The monoisotopic (exact) mass is 434 g/mol.